The molecule has 0 aliphatic heterocycles. The SMILES string of the molecule is COC(=O)c1sc(Nc2cc(OCc3ccc(OC)cc3)c(Br)cc2[N+](=O)[O-])cc1O[C@H](C)c1ccccc1C(F)(F)F. The predicted molar refractivity (Wildman–Crippen MR) is 158 cm³/mol. The van der Waals surface area contributed by atoms with Crippen LogP contribution in [-0.2, 0) is 17.5 Å². The summed E-state index contributed by atoms with van der Waals surface area (Å²) in [5, 5.41) is 15.0. The van der Waals surface area contributed by atoms with E-state index < -0.39 is 28.7 Å². The van der Waals surface area contributed by atoms with Crippen molar-refractivity contribution in [3.8, 4) is 17.2 Å². The lowest BCUT2D eigenvalue weighted by atomic mass is 10.0. The van der Waals surface area contributed by atoms with E-state index in [1.165, 1.54) is 43.3 Å². The topological polar surface area (TPSA) is 109 Å². The maximum Gasteiger partial charge on any atom is 0.416 e. The average molecular weight is 681 g/mol. The van der Waals surface area contributed by atoms with Crippen LogP contribution in [0, 0.1) is 10.1 Å². The second kappa shape index (κ2) is 13.3. The standard InChI is InChI=1S/C29H24BrF3N2O7S/c1-16(19-6-4-5-7-20(19)29(31,32)33)42-25-14-26(43-27(25)28(36)40-3)34-22-13-24(21(30)12-23(22)35(37)38)41-15-17-8-10-18(39-2)11-9-17/h4-14,16,34H,15H2,1-3H3/t16-/m1/s1. The van der Waals surface area contributed by atoms with E-state index >= 15 is 0 Å². The molecule has 3 aromatic carbocycles. The number of hydrogen-bond donors (Lipinski definition) is 1. The summed E-state index contributed by atoms with van der Waals surface area (Å²) in [6.07, 6.45) is -5.72. The van der Waals surface area contributed by atoms with Crippen molar-refractivity contribution in [1.82, 2.24) is 0 Å². The van der Waals surface area contributed by atoms with Crippen molar-refractivity contribution < 1.29 is 41.8 Å². The zero-order chi connectivity index (χ0) is 31.3. The third-order valence-electron chi connectivity index (χ3n) is 6.13. The molecule has 0 amide bonds. The van der Waals surface area contributed by atoms with Crippen LogP contribution in [0.15, 0.2) is 71.2 Å². The molecule has 1 heterocycles. The van der Waals surface area contributed by atoms with Crippen LogP contribution in [0.3, 0.4) is 0 Å². The Morgan fingerprint density at radius 1 is 1.07 bits per heavy atom. The van der Waals surface area contributed by atoms with Gasteiger partial charge in [-0.25, -0.2) is 4.79 Å². The van der Waals surface area contributed by atoms with Gasteiger partial charge in [0.05, 0.1) is 34.2 Å². The van der Waals surface area contributed by atoms with E-state index in [-0.39, 0.29) is 39.2 Å². The fraction of sp³-hybridized carbons (Fsp3) is 0.207. The molecule has 0 aliphatic carbocycles. The monoisotopic (exact) mass is 680 g/mol. The predicted octanol–water partition coefficient (Wildman–Crippen LogP) is 8.70. The van der Waals surface area contributed by atoms with Crippen LogP contribution < -0.4 is 19.5 Å². The summed E-state index contributed by atoms with van der Waals surface area (Å²) in [5.74, 6) is 0.122. The molecule has 14 heteroatoms. The summed E-state index contributed by atoms with van der Waals surface area (Å²) in [6.45, 7) is 1.57. The van der Waals surface area contributed by atoms with Gasteiger partial charge in [-0.05, 0) is 46.6 Å². The summed E-state index contributed by atoms with van der Waals surface area (Å²) in [5.41, 5.74) is -0.439. The Kier molecular flexibility index (Phi) is 9.81. The molecule has 0 radical (unpaired) electrons. The zero-order valence-corrected chi connectivity index (χ0v) is 25.3. The largest absolute Gasteiger partial charge is 0.497 e. The van der Waals surface area contributed by atoms with Crippen LogP contribution in [0.5, 0.6) is 17.2 Å². The fourth-order valence-electron chi connectivity index (χ4n) is 4.04. The molecule has 0 aliphatic rings. The number of nitrogens with zero attached hydrogens (tertiary/aromatic N) is 1. The highest BCUT2D eigenvalue weighted by atomic mass is 79.9. The first-order valence-electron chi connectivity index (χ1n) is 12.5. The van der Waals surface area contributed by atoms with Gasteiger partial charge in [-0.2, -0.15) is 13.2 Å². The highest BCUT2D eigenvalue weighted by molar-refractivity contribution is 9.10. The van der Waals surface area contributed by atoms with Gasteiger partial charge in [-0.3, -0.25) is 10.1 Å². The van der Waals surface area contributed by atoms with Gasteiger partial charge >= 0.3 is 12.1 Å². The Morgan fingerprint density at radius 3 is 2.40 bits per heavy atom. The number of halogens is 4. The second-order valence-electron chi connectivity index (χ2n) is 8.96. The molecule has 0 unspecified atom stereocenters. The van der Waals surface area contributed by atoms with E-state index in [2.05, 4.69) is 21.2 Å². The van der Waals surface area contributed by atoms with Gasteiger partial charge in [0, 0.05) is 23.8 Å². The van der Waals surface area contributed by atoms with Crippen molar-refractivity contribution in [2.24, 2.45) is 0 Å². The molecule has 9 nitrogen and oxygen atoms in total. The Labute approximate surface area is 256 Å². The molecule has 43 heavy (non-hydrogen) atoms. The van der Waals surface area contributed by atoms with Gasteiger partial charge in [-0.15, -0.1) is 11.3 Å². The second-order valence-corrected chi connectivity index (χ2v) is 10.9. The fourth-order valence-corrected chi connectivity index (χ4v) is 5.41. The van der Waals surface area contributed by atoms with Crippen LogP contribution in [0.1, 0.15) is 39.4 Å². The van der Waals surface area contributed by atoms with Gasteiger partial charge in [0.25, 0.3) is 5.69 Å². The van der Waals surface area contributed by atoms with Gasteiger partial charge in [-0.1, -0.05) is 30.3 Å². The average Bonchev–Trinajstić information content (AvgIpc) is 3.38. The first-order chi connectivity index (χ1) is 20.4. The normalized spacial score (nSPS) is 11.9. The Bertz CT molecular complexity index is 1630. The van der Waals surface area contributed by atoms with Crippen molar-refractivity contribution in [3.63, 3.8) is 0 Å². The Hall–Kier alpha value is -4.30. The minimum Gasteiger partial charge on any atom is -0.497 e. The van der Waals surface area contributed by atoms with Gasteiger partial charge in [0.15, 0.2) is 4.88 Å². The molecular formula is C29H24BrF3N2O7S. The minimum atomic E-state index is -4.62. The van der Waals surface area contributed by atoms with E-state index in [9.17, 15) is 28.1 Å². The lowest BCUT2D eigenvalue weighted by Crippen LogP contribution is -2.14. The van der Waals surface area contributed by atoms with E-state index in [1.807, 2.05) is 12.1 Å². The third kappa shape index (κ3) is 7.56. The summed E-state index contributed by atoms with van der Waals surface area (Å²) in [7, 11) is 2.70. The van der Waals surface area contributed by atoms with Crippen LogP contribution in [0.2, 0.25) is 0 Å². The number of nitro groups is 1. The number of rotatable bonds is 11. The molecule has 226 valence electrons. The number of methoxy groups -OCH3 is 2. The molecule has 1 aromatic heterocycles. The maximum atomic E-state index is 13.6. The summed E-state index contributed by atoms with van der Waals surface area (Å²) < 4.78 is 62.8. The lowest BCUT2D eigenvalue weighted by molar-refractivity contribution is -0.384. The van der Waals surface area contributed by atoms with Gasteiger partial charge in [0.1, 0.15) is 35.6 Å². The number of thiophene rings is 1. The molecule has 0 spiro atoms. The van der Waals surface area contributed by atoms with Crippen molar-refractivity contribution in [2.75, 3.05) is 19.5 Å². The number of benzene rings is 3. The molecule has 4 rings (SSSR count). The lowest BCUT2D eigenvalue weighted by Gasteiger charge is -2.19. The van der Waals surface area contributed by atoms with Crippen LogP contribution >= 0.6 is 27.3 Å². The Balaban J connectivity index is 1.64. The first-order valence-corrected chi connectivity index (χ1v) is 14.1. The summed E-state index contributed by atoms with van der Waals surface area (Å²) in [6, 6.07) is 16.2. The Morgan fingerprint density at radius 2 is 1.77 bits per heavy atom. The molecule has 0 fully saturated rings. The van der Waals surface area contributed by atoms with Gasteiger partial charge in [0.2, 0.25) is 0 Å². The first kappa shape index (κ1) is 31.6. The van der Waals surface area contributed by atoms with Crippen LogP contribution in [-0.4, -0.2) is 25.1 Å². The van der Waals surface area contributed by atoms with E-state index in [0.717, 1.165) is 30.1 Å². The highest BCUT2D eigenvalue weighted by Crippen LogP contribution is 2.43. The smallest absolute Gasteiger partial charge is 0.416 e. The maximum absolute atomic E-state index is 13.6. The zero-order valence-electron chi connectivity index (χ0n) is 22.9. The highest BCUT2D eigenvalue weighted by Gasteiger charge is 2.35. The van der Waals surface area contributed by atoms with Crippen LogP contribution in [0.25, 0.3) is 0 Å². The number of carbonyl (C=O) groups is 1. The number of carbonyl (C=O) groups excluding carboxylic acids is 1. The van der Waals surface area contributed by atoms with E-state index in [0.29, 0.717) is 16.0 Å². The molecule has 0 bridgehead atoms. The van der Waals surface area contributed by atoms with E-state index in [4.69, 9.17) is 18.9 Å². The number of anilines is 2. The number of nitrogens with one attached hydrogen (secondary N) is 1. The molecule has 0 saturated heterocycles. The van der Waals surface area contributed by atoms with Crippen molar-refractivity contribution in [2.45, 2.75) is 25.8 Å². The number of alkyl halides is 3. The molecule has 1 N–H and O–H groups in total. The molecule has 4 aromatic rings. The third-order valence-corrected chi connectivity index (χ3v) is 7.77. The number of ether oxygens (including phenoxy) is 4. The van der Waals surface area contributed by atoms with Crippen molar-refractivity contribution in [3.05, 3.63) is 103 Å². The van der Waals surface area contributed by atoms with Gasteiger partial charge < -0.3 is 24.3 Å². The quantitative estimate of drug-likeness (QED) is 0.0952. The van der Waals surface area contributed by atoms with Crippen molar-refractivity contribution in [1.29, 1.82) is 0 Å². The number of hydrogen-bond acceptors (Lipinski definition) is 9. The molecule has 1 atom stereocenters. The summed E-state index contributed by atoms with van der Waals surface area (Å²) >= 11 is 4.17. The molecular weight excluding hydrogens is 657 g/mol. The van der Waals surface area contributed by atoms with Crippen molar-refractivity contribution >= 4 is 49.6 Å². The number of esters is 1. The minimum absolute atomic E-state index is 0.0395. The summed E-state index contributed by atoms with van der Waals surface area (Å²) in [4.78, 5) is 23.8. The molecule has 0 saturated carbocycles. The van der Waals surface area contributed by atoms with E-state index in [1.54, 1.807) is 19.2 Å². The number of nitro benzene ring substituents is 1. The van der Waals surface area contributed by atoms with Crippen LogP contribution in [0.4, 0.5) is 29.5 Å².